The number of carbonyl (C=O) groups is 1. The smallest absolute Gasteiger partial charge is 0.260 e. The van der Waals surface area contributed by atoms with E-state index in [0.717, 1.165) is 44.5 Å². The molecule has 0 atom stereocenters. The second kappa shape index (κ2) is 8.29. The number of hydrogen-bond acceptors (Lipinski definition) is 2. The van der Waals surface area contributed by atoms with Crippen LogP contribution in [0, 0.1) is 5.82 Å². The van der Waals surface area contributed by atoms with Crippen LogP contribution in [0.2, 0.25) is 0 Å². The van der Waals surface area contributed by atoms with Crippen molar-refractivity contribution in [3.63, 3.8) is 0 Å². The molecular weight excluding hydrogens is 437 g/mol. The Morgan fingerprint density at radius 3 is 2.46 bits per heavy atom. The SMILES string of the molecule is Nc1ccccc1/C(=C1/C(=O)N(Cc2cccc(F)c2)c2ccccc21)c1cc2ccccc2[nH]1. The highest BCUT2D eigenvalue weighted by molar-refractivity contribution is 6.39. The minimum absolute atomic E-state index is 0.146. The van der Waals surface area contributed by atoms with Gasteiger partial charge in [-0.3, -0.25) is 4.79 Å². The minimum atomic E-state index is -0.325. The van der Waals surface area contributed by atoms with Crippen molar-refractivity contribution in [1.82, 2.24) is 4.98 Å². The molecule has 2 heterocycles. The molecule has 3 N–H and O–H groups in total. The molecule has 5 heteroatoms. The van der Waals surface area contributed by atoms with E-state index in [0.29, 0.717) is 11.3 Å². The van der Waals surface area contributed by atoms with Crippen molar-refractivity contribution in [2.24, 2.45) is 0 Å². The predicted molar refractivity (Wildman–Crippen MR) is 139 cm³/mol. The molecule has 0 saturated carbocycles. The van der Waals surface area contributed by atoms with Gasteiger partial charge in [0.25, 0.3) is 5.91 Å². The van der Waals surface area contributed by atoms with Crippen molar-refractivity contribution in [2.75, 3.05) is 10.6 Å². The zero-order valence-corrected chi connectivity index (χ0v) is 18.8. The molecule has 0 saturated heterocycles. The van der Waals surface area contributed by atoms with Gasteiger partial charge >= 0.3 is 0 Å². The zero-order chi connectivity index (χ0) is 23.9. The van der Waals surface area contributed by atoms with Crippen LogP contribution in [-0.2, 0) is 11.3 Å². The Morgan fingerprint density at radius 2 is 1.63 bits per heavy atom. The van der Waals surface area contributed by atoms with E-state index in [-0.39, 0.29) is 18.3 Å². The Labute approximate surface area is 202 Å². The number of aromatic amines is 1. The molecule has 0 radical (unpaired) electrons. The summed E-state index contributed by atoms with van der Waals surface area (Å²) in [7, 11) is 0. The highest BCUT2D eigenvalue weighted by Gasteiger charge is 2.36. The normalized spacial score (nSPS) is 14.4. The van der Waals surface area contributed by atoms with Crippen molar-refractivity contribution in [1.29, 1.82) is 0 Å². The molecule has 1 aliphatic rings. The summed E-state index contributed by atoms with van der Waals surface area (Å²) in [6.07, 6.45) is 0. The van der Waals surface area contributed by atoms with Crippen LogP contribution in [0.5, 0.6) is 0 Å². The predicted octanol–water partition coefficient (Wildman–Crippen LogP) is 6.40. The number of halogens is 1. The molecule has 6 rings (SSSR count). The standard InChI is InChI=1S/C30H22FN3O/c31-21-10-7-8-19(16-21)18-34-27-15-6-3-12-23(27)29(30(34)35)28(22-11-2-4-13-24(22)32)26-17-20-9-1-5-14-25(20)33-26/h1-17,33H,18,32H2/b29-28-. The Balaban J connectivity index is 1.61. The monoisotopic (exact) mass is 459 g/mol. The molecule has 5 aromatic rings. The average Bonchev–Trinajstić information content (AvgIpc) is 3.41. The molecule has 0 spiro atoms. The van der Waals surface area contributed by atoms with Gasteiger partial charge in [-0.25, -0.2) is 4.39 Å². The van der Waals surface area contributed by atoms with Gasteiger partial charge < -0.3 is 15.6 Å². The van der Waals surface area contributed by atoms with Gasteiger partial charge in [-0.1, -0.05) is 66.7 Å². The number of para-hydroxylation sites is 3. The number of aromatic nitrogens is 1. The summed E-state index contributed by atoms with van der Waals surface area (Å²) in [6, 6.07) is 31.7. The molecular formula is C30H22FN3O. The van der Waals surface area contributed by atoms with Crippen LogP contribution >= 0.6 is 0 Å². The number of fused-ring (bicyclic) bond motifs is 2. The number of nitrogen functional groups attached to an aromatic ring is 1. The lowest BCUT2D eigenvalue weighted by Crippen LogP contribution is -2.26. The minimum Gasteiger partial charge on any atom is -0.398 e. The number of hydrogen-bond donors (Lipinski definition) is 2. The summed E-state index contributed by atoms with van der Waals surface area (Å²) in [5.74, 6) is -0.471. The molecule has 1 aromatic heterocycles. The molecule has 0 fully saturated rings. The second-order valence-electron chi connectivity index (χ2n) is 8.65. The van der Waals surface area contributed by atoms with Crippen LogP contribution < -0.4 is 10.6 Å². The highest BCUT2D eigenvalue weighted by atomic mass is 19.1. The molecule has 0 unspecified atom stereocenters. The van der Waals surface area contributed by atoms with Crippen molar-refractivity contribution in [3.05, 3.63) is 131 Å². The summed E-state index contributed by atoms with van der Waals surface area (Å²) in [5, 5.41) is 1.05. The van der Waals surface area contributed by atoms with E-state index < -0.39 is 0 Å². The van der Waals surface area contributed by atoms with E-state index >= 15 is 0 Å². The molecule has 4 nitrogen and oxygen atoms in total. The number of nitrogens with one attached hydrogen (secondary N) is 1. The van der Waals surface area contributed by atoms with Gasteiger partial charge in [0, 0.05) is 39.0 Å². The summed E-state index contributed by atoms with van der Waals surface area (Å²) in [5.41, 5.74) is 13.3. The van der Waals surface area contributed by atoms with Gasteiger partial charge in [0.1, 0.15) is 5.82 Å². The average molecular weight is 460 g/mol. The summed E-state index contributed by atoms with van der Waals surface area (Å²) in [6.45, 7) is 0.265. The van der Waals surface area contributed by atoms with Gasteiger partial charge in [-0.2, -0.15) is 0 Å². The number of rotatable bonds is 4. The van der Waals surface area contributed by atoms with Crippen LogP contribution in [-0.4, -0.2) is 10.9 Å². The number of H-pyrrole nitrogens is 1. The van der Waals surface area contributed by atoms with Crippen LogP contribution in [0.15, 0.2) is 103 Å². The number of carbonyl (C=O) groups excluding carboxylic acids is 1. The molecule has 0 bridgehead atoms. The summed E-state index contributed by atoms with van der Waals surface area (Å²) >= 11 is 0. The van der Waals surface area contributed by atoms with Crippen LogP contribution in [0.4, 0.5) is 15.8 Å². The molecule has 170 valence electrons. The van der Waals surface area contributed by atoms with Crippen molar-refractivity contribution in [3.8, 4) is 0 Å². The van der Waals surface area contributed by atoms with Gasteiger partial charge in [0.15, 0.2) is 0 Å². The Bertz CT molecular complexity index is 1600. The van der Waals surface area contributed by atoms with E-state index in [4.69, 9.17) is 5.73 Å². The van der Waals surface area contributed by atoms with Gasteiger partial charge in [0.2, 0.25) is 0 Å². The fourth-order valence-electron chi connectivity index (χ4n) is 4.84. The number of nitrogens with zero attached hydrogens (tertiary/aromatic N) is 1. The van der Waals surface area contributed by atoms with E-state index in [1.165, 1.54) is 12.1 Å². The van der Waals surface area contributed by atoms with Crippen LogP contribution in [0.3, 0.4) is 0 Å². The maximum Gasteiger partial charge on any atom is 0.260 e. The Hall–Kier alpha value is -4.64. The number of nitrogens with two attached hydrogens (primary N) is 1. The van der Waals surface area contributed by atoms with E-state index in [2.05, 4.69) is 11.1 Å². The maximum absolute atomic E-state index is 14.1. The first kappa shape index (κ1) is 20.9. The number of amides is 1. The number of benzene rings is 4. The first-order valence-corrected chi connectivity index (χ1v) is 11.4. The lowest BCUT2D eigenvalue weighted by molar-refractivity contribution is -0.113. The fraction of sp³-hybridized carbons (Fsp3) is 0.0333. The summed E-state index contributed by atoms with van der Waals surface area (Å²) in [4.78, 5) is 19.3. The van der Waals surface area contributed by atoms with Crippen molar-refractivity contribution < 1.29 is 9.18 Å². The molecule has 35 heavy (non-hydrogen) atoms. The maximum atomic E-state index is 14.1. The zero-order valence-electron chi connectivity index (χ0n) is 18.8. The molecule has 0 aliphatic carbocycles. The first-order chi connectivity index (χ1) is 17.1. The third-order valence-corrected chi connectivity index (χ3v) is 6.43. The van der Waals surface area contributed by atoms with Gasteiger partial charge in [0.05, 0.1) is 17.8 Å². The third-order valence-electron chi connectivity index (χ3n) is 6.43. The third kappa shape index (κ3) is 3.58. The van der Waals surface area contributed by atoms with E-state index in [1.807, 2.05) is 78.9 Å². The topological polar surface area (TPSA) is 62.1 Å². The fourth-order valence-corrected chi connectivity index (χ4v) is 4.84. The lowest BCUT2D eigenvalue weighted by atomic mass is 9.92. The largest absolute Gasteiger partial charge is 0.398 e. The quantitative estimate of drug-likeness (QED) is 0.241. The highest BCUT2D eigenvalue weighted by Crippen LogP contribution is 2.44. The van der Waals surface area contributed by atoms with Crippen LogP contribution in [0.1, 0.15) is 22.4 Å². The van der Waals surface area contributed by atoms with E-state index in [1.54, 1.807) is 11.0 Å². The van der Waals surface area contributed by atoms with E-state index in [9.17, 15) is 9.18 Å². The van der Waals surface area contributed by atoms with Gasteiger partial charge in [-0.05, 0) is 42.0 Å². The van der Waals surface area contributed by atoms with Gasteiger partial charge in [-0.15, -0.1) is 0 Å². The lowest BCUT2D eigenvalue weighted by Gasteiger charge is -2.18. The molecule has 4 aromatic carbocycles. The van der Waals surface area contributed by atoms with Crippen molar-refractivity contribution in [2.45, 2.75) is 6.54 Å². The number of anilines is 2. The summed E-state index contributed by atoms with van der Waals surface area (Å²) < 4.78 is 13.9. The van der Waals surface area contributed by atoms with Crippen molar-refractivity contribution >= 4 is 39.3 Å². The first-order valence-electron chi connectivity index (χ1n) is 11.4. The molecule has 1 aliphatic heterocycles. The second-order valence-corrected chi connectivity index (χ2v) is 8.65. The van der Waals surface area contributed by atoms with Crippen LogP contribution in [0.25, 0.3) is 22.0 Å². The Morgan fingerprint density at radius 1 is 0.857 bits per heavy atom. The Kier molecular flexibility index (Phi) is 4.96. The molecule has 1 amide bonds.